The van der Waals surface area contributed by atoms with Crippen LogP contribution in [0.1, 0.15) is 74.2 Å². The Kier molecular flexibility index (Phi) is 8.39. The van der Waals surface area contributed by atoms with E-state index in [0.717, 1.165) is 18.7 Å². The lowest BCUT2D eigenvalue weighted by molar-refractivity contribution is 0.0949. The van der Waals surface area contributed by atoms with Crippen LogP contribution < -0.4 is 5.32 Å². The van der Waals surface area contributed by atoms with Gasteiger partial charge in [-0.3, -0.25) is 14.7 Å². The van der Waals surface area contributed by atoms with Gasteiger partial charge in [-0.2, -0.15) is 0 Å². The molecule has 0 saturated carbocycles. The molecule has 3 rings (SSSR count). The highest BCUT2D eigenvalue weighted by Gasteiger charge is 2.19. The van der Waals surface area contributed by atoms with E-state index < -0.39 is 0 Å². The summed E-state index contributed by atoms with van der Waals surface area (Å²) in [7, 11) is 0. The van der Waals surface area contributed by atoms with Gasteiger partial charge in [-0.15, -0.1) is 0 Å². The van der Waals surface area contributed by atoms with E-state index in [1.54, 1.807) is 6.20 Å². The van der Waals surface area contributed by atoms with Crippen molar-refractivity contribution in [1.29, 1.82) is 0 Å². The highest BCUT2D eigenvalue weighted by Crippen LogP contribution is 2.23. The predicted molar refractivity (Wildman–Crippen MR) is 131 cm³/mol. The average Bonchev–Trinajstić information content (AvgIpc) is 3.27. The summed E-state index contributed by atoms with van der Waals surface area (Å²) in [5.41, 5.74) is 3.97. The Balaban J connectivity index is 1.59. The van der Waals surface area contributed by atoms with E-state index in [4.69, 9.17) is 4.42 Å². The van der Waals surface area contributed by atoms with Gasteiger partial charge in [-0.1, -0.05) is 58.0 Å². The number of oxazole rings is 1. The molecule has 1 aromatic carbocycles. The maximum Gasteiger partial charge on any atom is 0.273 e. The Bertz CT molecular complexity index is 1010. The molecule has 0 aliphatic rings. The van der Waals surface area contributed by atoms with Crippen LogP contribution in [0.15, 0.2) is 59.3 Å². The standard InChI is InChI=1S/C27H36N4O2/c1-6-20(2)31(17-21-10-12-22(13-11-21)27(3,4)5)18-25-30-24(19-33-25)26(32)29-16-14-23-9-7-8-15-28-23/h7-13,15,19-20H,6,14,16-18H2,1-5H3,(H,29,32). The molecule has 0 saturated heterocycles. The third-order valence-electron chi connectivity index (χ3n) is 5.94. The average molecular weight is 449 g/mol. The molecular formula is C27H36N4O2. The fraction of sp³-hybridized carbons (Fsp3) is 0.444. The monoisotopic (exact) mass is 448 g/mol. The summed E-state index contributed by atoms with van der Waals surface area (Å²) >= 11 is 0. The normalized spacial score (nSPS) is 12.7. The maximum absolute atomic E-state index is 12.5. The summed E-state index contributed by atoms with van der Waals surface area (Å²) in [5.74, 6) is 0.324. The molecule has 0 radical (unpaired) electrons. The molecule has 0 aliphatic heterocycles. The largest absolute Gasteiger partial charge is 0.447 e. The van der Waals surface area contributed by atoms with Crippen LogP contribution in [0.2, 0.25) is 0 Å². The smallest absolute Gasteiger partial charge is 0.273 e. The first-order valence-corrected chi connectivity index (χ1v) is 11.7. The minimum atomic E-state index is -0.228. The predicted octanol–water partition coefficient (Wildman–Crippen LogP) is 5.14. The number of nitrogens with zero attached hydrogens (tertiary/aromatic N) is 3. The number of nitrogens with one attached hydrogen (secondary N) is 1. The van der Waals surface area contributed by atoms with Gasteiger partial charge in [0.05, 0.1) is 6.54 Å². The molecule has 2 aromatic heterocycles. The molecule has 33 heavy (non-hydrogen) atoms. The van der Waals surface area contributed by atoms with Crippen molar-refractivity contribution in [3.8, 4) is 0 Å². The number of pyridine rings is 1. The molecule has 176 valence electrons. The summed E-state index contributed by atoms with van der Waals surface area (Å²) in [6, 6.07) is 14.9. The number of hydrogen-bond donors (Lipinski definition) is 1. The van der Waals surface area contributed by atoms with Crippen molar-refractivity contribution in [3.63, 3.8) is 0 Å². The van der Waals surface area contributed by atoms with Gasteiger partial charge in [-0.25, -0.2) is 4.98 Å². The van der Waals surface area contributed by atoms with Crippen molar-refractivity contribution in [1.82, 2.24) is 20.2 Å². The molecular weight excluding hydrogens is 412 g/mol. The highest BCUT2D eigenvalue weighted by molar-refractivity contribution is 5.91. The van der Waals surface area contributed by atoms with Gasteiger partial charge in [-0.05, 0) is 42.0 Å². The number of aromatic nitrogens is 2. The number of rotatable bonds is 10. The lowest BCUT2D eigenvalue weighted by Crippen LogP contribution is -2.32. The lowest BCUT2D eigenvalue weighted by Gasteiger charge is -2.27. The molecule has 0 aliphatic carbocycles. The third kappa shape index (κ3) is 7.26. The van der Waals surface area contributed by atoms with E-state index in [1.165, 1.54) is 17.4 Å². The van der Waals surface area contributed by atoms with Crippen LogP contribution in [-0.4, -0.2) is 33.4 Å². The van der Waals surface area contributed by atoms with Gasteiger partial charge in [0.2, 0.25) is 5.89 Å². The second-order valence-electron chi connectivity index (χ2n) is 9.56. The zero-order valence-corrected chi connectivity index (χ0v) is 20.5. The quantitative estimate of drug-likeness (QED) is 0.465. The summed E-state index contributed by atoms with van der Waals surface area (Å²) in [5, 5.41) is 2.89. The number of hydrogen-bond acceptors (Lipinski definition) is 5. The van der Waals surface area contributed by atoms with E-state index in [9.17, 15) is 4.79 Å². The Labute approximate surface area is 197 Å². The van der Waals surface area contributed by atoms with Crippen LogP contribution in [0.3, 0.4) is 0 Å². The first kappa shape index (κ1) is 24.6. The summed E-state index contributed by atoms with van der Waals surface area (Å²) in [4.78, 5) is 23.5. The molecule has 6 nitrogen and oxygen atoms in total. The number of amides is 1. The van der Waals surface area contributed by atoms with Crippen molar-refractivity contribution in [2.75, 3.05) is 6.54 Å². The zero-order chi connectivity index (χ0) is 23.8. The molecule has 1 unspecified atom stereocenters. The van der Waals surface area contributed by atoms with Crippen molar-refractivity contribution in [3.05, 3.63) is 83.3 Å². The first-order chi connectivity index (χ1) is 15.8. The Morgan fingerprint density at radius 3 is 2.52 bits per heavy atom. The fourth-order valence-corrected chi connectivity index (χ4v) is 3.57. The minimum Gasteiger partial charge on any atom is -0.447 e. The summed E-state index contributed by atoms with van der Waals surface area (Å²) in [6.45, 7) is 12.9. The molecule has 0 bridgehead atoms. The second kappa shape index (κ2) is 11.2. The Morgan fingerprint density at radius 2 is 1.88 bits per heavy atom. The van der Waals surface area contributed by atoms with Gasteiger partial charge in [0.25, 0.3) is 5.91 Å². The summed E-state index contributed by atoms with van der Waals surface area (Å²) < 4.78 is 5.65. The molecule has 1 N–H and O–H groups in total. The van der Waals surface area contributed by atoms with Gasteiger partial charge in [0.15, 0.2) is 5.69 Å². The van der Waals surface area contributed by atoms with E-state index in [0.29, 0.717) is 37.1 Å². The lowest BCUT2D eigenvalue weighted by atomic mass is 9.87. The maximum atomic E-state index is 12.5. The Hall–Kier alpha value is -2.99. The van der Waals surface area contributed by atoms with Gasteiger partial charge in [0, 0.05) is 37.4 Å². The van der Waals surface area contributed by atoms with Crippen molar-refractivity contribution < 1.29 is 9.21 Å². The van der Waals surface area contributed by atoms with Crippen LogP contribution in [0, 0.1) is 0 Å². The molecule has 2 heterocycles. The molecule has 6 heteroatoms. The van der Waals surface area contributed by atoms with Gasteiger partial charge in [0.1, 0.15) is 6.26 Å². The van der Waals surface area contributed by atoms with Crippen molar-refractivity contribution >= 4 is 5.91 Å². The Morgan fingerprint density at radius 1 is 1.12 bits per heavy atom. The third-order valence-corrected chi connectivity index (χ3v) is 5.94. The van der Waals surface area contributed by atoms with Crippen LogP contribution in [0.25, 0.3) is 0 Å². The van der Waals surface area contributed by atoms with E-state index in [2.05, 4.69) is 79.1 Å². The van der Waals surface area contributed by atoms with Gasteiger partial charge >= 0.3 is 0 Å². The fourth-order valence-electron chi connectivity index (χ4n) is 3.57. The van der Waals surface area contributed by atoms with Gasteiger partial charge < -0.3 is 9.73 Å². The molecule has 1 atom stereocenters. The second-order valence-corrected chi connectivity index (χ2v) is 9.56. The van der Waals surface area contributed by atoms with E-state index in [1.807, 2.05) is 18.2 Å². The van der Waals surface area contributed by atoms with E-state index >= 15 is 0 Å². The first-order valence-electron chi connectivity index (χ1n) is 11.7. The van der Waals surface area contributed by atoms with Crippen LogP contribution in [0.5, 0.6) is 0 Å². The molecule has 1 amide bonds. The van der Waals surface area contributed by atoms with Crippen LogP contribution in [-0.2, 0) is 24.9 Å². The minimum absolute atomic E-state index is 0.140. The number of carbonyl (C=O) groups excluding carboxylic acids is 1. The van der Waals surface area contributed by atoms with Crippen LogP contribution in [0.4, 0.5) is 0 Å². The van der Waals surface area contributed by atoms with Crippen molar-refractivity contribution in [2.45, 2.75) is 72.0 Å². The van der Waals surface area contributed by atoms with Crippen molar-refractivity contribution in [2.24, 2.45) is 0 Å². The number of benzene rings is 1. The SMILES string of the molecule is CCC(C)N(Cc1ccc(C(C)(C)C)cc1)Cc1nc(C(=O)NCCc2ccccn2)co1. The van der Waals surface area contributed by atoms with Crippen LogP contribution >= 0.6 is 0 Å². The molecule has 0 fully saturated rings. The summed E-state index contributed by atoms with van der Waals surface area (Å²) in [6.07, 6.45) is 4.89. The number of carbonyl (C=O) groups is 1. The molecule has 0 spiro atoms. The topological polar surface area (TPSA) is 71.3 Å². The highest BCUT2D eigenvalue weighted by atomic mass is 16.3. The van der Waals surface area contributed by atoms with E-state index in [-0.39, 0.29) is 11.3 Å². The molecule has 3 aromatic rings. The zero-order valence-electron chi connectivity index (χ0n) is 20.5.